The standard InChI is InChI=1S/C21H24N4O4S2/c1-17(18-4-6-19(7-5-18)24-15-12-22-16-24)23-30(26,27)20-8-10-21(11-9-20)31(28,29)25-13-2-3-14-25/h4-12,15-17,23H,2-3,13-14H2,1H3. The number of nitrogens with zero attached hydrogens (tertiary/aromatic N) is 3. The van der Waals surface area contributed by atoms with Crippen LogP contribution in [-0.2, 0) is 20.0 Å². The van der Waals surface area contributed by atoms with Crippen molar-refractivity contribution in [1.82, 2.24) is 18.6 Å². The Morgan fingerprint density at radius 2 is 1.52 bits per heavy atom. The van der Waals surface area contributed by atoms with Gasteiger partial charge in [-0.2, -0.15) is 4.31 Å². The third-order valence-electron chi connectivity index (χ3n) is 5.36. The maximum Gasteiger partial charge on any atom is 0.243 e. The van der Waals surface area contributed by atoms with Crippen LogP contribution < -0.4 is 4.72 Å². The van der Waals surface area contributed by atoms with Gasteiger partial charge in [-0.15, -0.1) is 0 Å². The van der Waals surface area contributed by atoms with Gasteiger partial charge in [0.25, 0.3) is 0 Å². The molecular weight excluding hydrogens is 436 g/mol. The van der Waals surface area contributed by atoms with Gasteiger partial charge >= 0.3 is 0 Å². The lowest BCUT2D eigenvalue weighted by atomic mass is 10.1. The number of aromatic nitrogens is 2. The van der Waals surface area contributed by atoms with Crippen molar-refractivity contribution < 1.29 is 16.8 Å². The first-order chi connectivity index (χ1) is 14.8. The molecule has 3 aromatic rings. The van der Waals surface area contributed by atoms with Crippen molar-refractivity contribution in [2.24, 2.45) is 0 Å². The molecular formula is C21H24N4O4S2. The van der Waals surface area contributed by atoms with Crippen LogP contribution in [-0.4, -0.2) is 43.8 Å². The lowest BCUT2D eigenvalue weighted by Crippen LogP contribution is -2.28. The molecule has 164 valence electrons. The molecule has 1 aromatic heterocycles. The summed E-state index contributed by atoms with van der Waals surface area (Å²) in [5.74, 6) is 0. The maximum atomic E-state index is 12.8. The van der Waals surface area contributed by atoms with Gasteiger partial charge in [0.15, 0.2) is 0 Å². The summed E-state index contributed by atoms with van der Waals surface area (Å²) in [5, 5.41) is 0. The summed E-state index contributed by atoms with van der Waals surface area (Å²) < 4.78 is 56.8. The summed E-state index contributed by atoms with van der Waals surface area (Å²) in [7, 11) is -7.39. The van der Waals surface area contributed by atoms with E-state index in [2.05, 4.69) is 9.71 Å². The van der Waals surface area contributed by atoms with Gasteiger partial charge < -0.3 is 4.57 Å². The SMILES string of the molecule is CC(NS(=O)(=O)c1ccc(S(=O)(=O)N2CCCC2)cc1)c1ccc(-n2ccnc2)cc1. The lowest BCUT2D eigenvalue weighted by molar-refractivity contribution is 0.477. The number of hydrogen-bond acceptors (Lipinski definition) is 5. The number of rotatable bonds is 7. The van der Waals surface area contributed by atoms with Crippen LogP contribution in [0.2, 0.25) is 0 Å². The minimum absolute atomic E-state index is 0.0229. The molecule has 0 radical (unpaired) electrons. The highest BCUT2D eigenvalue weighted by Crippen LogP contribution is 2.23. The highest BCUT2D eigenvalue weighted by Gasteiger charge is 2.27. The number of sulfonamides is 2. The summed E-state index contributed by atoms with van der Waals surface area (Å²) in [6.07, 6.45) is 6.89. The van der Waals surface area contributed by atoms with Crippen LogP contribution in [0.4, 0.5) is 0 Å². The Morgan fingerprint density at radius 1 is 0.903 bits per heavy atom. The minimum Gasteiger partial charge on any atom is -0.306 e. The normalized spacial score (nSPS) is 16.4. The van der Waals surface area contributed by atoms with Gasteiger partial charge in [0.05, 0.1) is 16.1 Å². The largest absolute Gasteiger partial charge is 0.306 e. The smallest absolute Gasteiger partial charge is 0.243 e. The van der Waals surface area contributed by atoms with E-state index in [-0.39, 0.29) is 9.79 Å². The van der Waals surface area contributed by atoms with E-state index in [9.17, 15) is 16.8 Å². The summed E-state index contributed by atoms with van der Waals surface area (Å²) in [5.41, 5.74) is 1.73. The first-order valence-corrected chi connectivity index (χ1v) is 12.9. The number of hydrogen-bond donors (Lipinski definition) is 1. The van der Waals surface area contributed by atoms with Crippen molar-refractivity contribution >= 4 is 20.0 Å². The Balaban J connectivity index is 1.48. The highest BCUT2D eigenvalue weighted by molar-refractivity contribution is 7.89. The van der Waals surface area contributed by atoms with Crippen LogP contribution in [0.15, 0.2) is 77.0 Å². The maximum absolute atomic E-state index is 12.8. The zero-order chi connectivity index (χ0) is 22.1. The molecule has 0 amide bonds. The molecule has 2 heterocycles. The zero-order valence-corrected chi connectivity index (χ0v) is 18.7. The van der Waals surface area contributed by atoms with Crippen molar-refractivity contribution in [1.29, 1.82) is 0 Å². The predicted molar refractivity (Wildman–Crippen MR) is 117 cm³/mol. The summed E-state index contributed by atoms with van der Waals surface area (Å²) in [6.45, 7) is 2.76. The van der Waals surface area contributed by atoms with E-state index in [4.69, 9.17) is 0 Å². The number of nitrogens with one attached hydrogen (secondary N) is 1. The molecule has 8 nitrogen and oxygen atoms in total. The monoisotopic (exact) mass is 460 g/mol. The second kappa shape index (κ2) is 8.54. The molecule has 1 unspecified atom stereocenters. The Kier molecular flexibility index (Phi) is 5.98. The van der Waals surface area contributed by atoms with Crippen LogP contribution in [0.25, 0.3) is 5.69 Å². The molecule has 0 aliphatic carbocycles. The molecule has 1 fully saturated rings. The van der Waals surface area contributed by atoms with Gasteiger partial charge in [-0.05, 0) is 61.7 Å². The molecule has 31 heavy (non-hydrogen) atoms. The van der Waals surface area contributed by atoms with Crippen molar-refractivity contribution in [3.8, 4) is 5.69 Å². The van der Waals surface area contributed by atoms with E-state index >= 15 is 0 Å². The molecule has 10 heteroatoms. The highest BCUT2D eigenvalue weighted by atomic mass is 32.2. The first kappa shape index (κ1) is 21.7. The Morgan fingerprint density at radius 3 is 2.10 bits per heavy atom. The van der Waals surface area contributed by atoms with Gasteiger partial charge in [0, 0.05) is 37.2 Å². The van der Waals surface area contributed by atoms with Crippen molar-refractivity contribution in [2.75, 3.05) is 13.1 Å². The van der Waals surface area contributed by atoms with Crippen LogP contribution >= 0.6 is 0 Å². The fourth-order valence-corrected chi connectivity index (χ4v) is 6.33. The summed E-state index contributed by atoms with van der Waals surface area (Å²) >= 11 is 0. The van der Waals surface area contributed by atoms with E-state index in [0.29, 0.717) is 13.1 Å². The molecule has 2 aromatic carbocycles. The number of benzene rings is 2. The van der Waals surface area contributed by atoms with Crippen molar-refractivity contribution in [3.63, 3.8) is 0 Å². The predicted octanol–water partition coefficient (Wildman–Crippen LogP) is 2.70. The number of imidazole rings is 1. The third-order valence-corrected chi connectivity index (χ3v) is 8.83. The Labute approximate surface area is 182 Å². The zero-order valence-electron chi connectivity index (χ0n) is 17.0. The van der Waals surface area contributed by atoms with Crippen LogP contribution in [0.5, 0.6) is 0 Å². The first-order valence-electron chi connectivity index (χ1n) is 9.98. The molecule has 1 aliphatic rings. The van der Waals surface area contributed by atoms with E-state index < -0.39 is 26.1 Å². The van der Waals surface area contributed by atoms with Crippen molar-refractivity contribution in [3.05, 3.63) is 72.8 Å². The Hall–Kier alpha value is -2.53. The van der Waals surface area contributed by atoms with Crippen LogP contribution in [0, 0.1) is 0 Å². The molecule has 1 N–H and O–H groups in total. The van der Waals surface area contributed by atoms with Crippen LogP contribution in [0.1, 0.15) is 31.4 Å². The van der Waals surface area contributed by atoms with Gasteiger partial charge in [0.1, 0.15) is 0 Å². The minimum atomic E-state index is -3.82. The second-order valence-electron chi connectivity index (χ2n) is 7.49. The molecule has 0 bridgehead atoms. The fraction of sp³-hybridized carbons (Fsp3) is 0.286. The van der Waals surface area contributed by atoms with Crippen LogP contribution in [0.3, 0.4) is 0 Å². The molecule has 1 saturated heterocycles. The second-order valence-corrected chi connectivity index (χ2v) is 11.1. The summed E-state index contributed by atoms with van der Waals surface area (Å²) in [4.78, 5) is 4.14. The fourth-order valence-electron chi connectivity index (χ4n) is 3.58. The van der Waals surface area contributed by atoms with Gasteiger partial charge in [-0.1, -0.05) is 12.1 Å². The lowest BCUT2D eigenvalue weighted by Gasteiger charge is -2.17. The molecule has 0 spiro atoms. The van der Waals surface area contributed by atoms with Gasteiger partial charge in [-0.3, -0.25) is 0 Å². The summed E-state index contributed by atoms with van der Waals surface area (Å²) in [6, 6.07) is 12.4. The molecule has 0 saturated carbocycles. The molecule has 1 atom stereocenters. The quantitative estimate of drug-likeness (QED) is 0.584. The van der Waals surface area contributed by atoms with Crippen molar-refractivity contribution in [2.45, 2.75) is 35.6 Å². The van der Waals surface area contributed by atoms with Gasteiger partial charge in [-0.25, -0.2) is 26.5 Å². The molecule has 4 rings (SSSR count). The average molecular weight is 461 g/mol. The van der Waals surface area contributed by atoms with E-state index in [1.54, 1.807) is 19.4 Å². The van der Waals surface area contributed by atoms with Gasteiger partial charge in [0.2, 0.25) is 20.0 Å². The van der Waals surface area contributed by atoms with E-state index in [0.717, 1.165) is 24.1 Å². The average Bonchev–Trinajstić information content (AvgIpc) is 3.48. The van der Waals surface area contributed by atoms with E-state index in [1.165, 1.54) is 28.6 Å². The third kappa shape index (κ3) is 4.57. The Bertz CT molecular complexity index is 1230. The molecule has 1 aliphatic heterocycles. The van der Waals surface area contributed by atoms with E-state index in [1.807, 2.05) is 35.0 Å². The topological polar surface area (TPSA) is 101 Å².